The van der Waals surface area contributed by atoms with Crippen LogP contribution in [0.4, 0.5) is 5.69 Å². The van der Waals surface area contributed by atoms with Crippen LogP contribution in [0, 0.1) is 6.92 Å². The van der Waals surface area contributed by atoms with E-state index < -0.39 is 0 Å². The highest BCUT2D eigenvalue weighted by Gasteiger charge is 2.10. The Balaban J connectivity index is 1.87. The first kappa shape index (κ1) is 16.7. The lowest BCUT2D eigenvalue weighted by Gasteiger charge is -2.10. The number of amides is 1. The summed E-state index contributed by atoms with van der Waals surface area (Å²) in [4.78, 5) is 29.0. The van der Waals surface area contributed by atoms with E-state index in [2.05, 4.69) is 26.2 Å². The number of hydrogen-bond acceptors (Lipinski definition) is 3. The largest absolute Gasteiger partial charge is 0.324 e. The third kappa shape index (κ3) is 3.49. The van der Waals surface area contributed by atoms with Crippen molar-refractivity contribution in [3.63, 3.8) is 0 Å². The van der Waals surface area contributed by atoms with Gasteiger partial charge in [-0.3, -0.25) is 14.2 Å². The van der Waals surface area contributed by atoms with Gasteiger partial charge in [0.2, 0.25) is 5.91 Å². The summed E-state index contributed by atoms with van der Waals surface area (Å²) >= 11 is 9.28. The number of aromatic nitrogens is 2. The van der Waals surface area contributed by atoms with E-state index in [0.717, 1.165) is 10.0 Å². The van der Waals surface area contributed by atoms with Crippen molar-refractivity contribution in [1.29, 1.82) is 0 Å². The molecule has 0 aliphatic rings. The molecule has 1 heterocycles. The van der Waals surface area contributed by atoms with E-state index in [9.17, 15) is 9.59 Å². The van der Waals surface area contributed by atoms with Crippen molar-refractivity contribution in [2.75, 3.05) is 5.32 Å². The maximum Gasteiger partial charge on any atom is 0.261 e. The van der Waals surface area contributed by atoms with Gasteiger partial charge in [-0.25, -0.2) is 4.98 Å². The van der Waals surface area contributed by atoms with Crippen LogP contribution in [-0.4, -0.2) is 15.5 Å². The second-order valence-corrected chi connectivity index (χ2v) is 6.70. The number of carbonyl (C=O) groups excluding carboxylic acids is 1. The van der Waals surface area contributed by atoms with E-state index in [4.69, 9.17) is 11.6 Å². The molecule has 3 aromatic rings. The van der Waals surface area contributed by atoms with Gasteiger partial charge in [-0.15, -0.1) is 0 Å². The molecule has 7 heteroatoms. The zero-order valence-electron chi connectivity index (χ0n) is 12.7. The van der Waals surface area contributed by atoms with E-state index >= 15 is 0 Å². The normalized spacial score (nSPS) is 10.8. The highest BCUT2D eigenvalue weighted by molar-refractivity contribution is 9.10. The van der Waals surface area contributed by atoms with Crippen LogP contribution in [0.1, 0.15) is 5.56 Å². The third-order valence-corrected chi connectivity index (χ3v) is 4.30. The van der Waals surface area contributed by atoms with Crippen LogP contribution in [0.5, 0.6) is 0 Å². The van der Waals surface area contributed by atoms with Crippen LogP contribution in [0.3, 0.4) is 0 Å². The fraction of sp³-hybridized carbons (Fsp3) is 0.118. The average Bonchev–Trinajstić information content (AvgIpc) is 2.54. The van der Waals surface area contributed by atoms with Crippen molar-refractivity contribution in [3.05, 3.63) is 68.1 Å². The number of halogens is 2. The molecule has 1 aromatic heterocycles. The van der Waals surface area contributed by atoms with Crippen molar-refractivity contribution in [2.24, 2.45) is 0 Å². The first-order chi connectivity index (χ1) is 11.4. The van der Waals surface area contributed by atoms with Crippen LogP contribution in [0.2, 0.25) is 5.02 Å². The number of rotatable bonds is 3. The lowest BCUT2D eigenvalue weighted by Crippen LogP contribution is -2.28. The Labute approximate surface area is 151 Å². The third-order valence-electron chi connectivity index (χ3n) is 3.57. The van der Waals surface area contributed by atoms with Gasteiger partial charge in [0, 0.05) is 15.2 Å². The molecule has 1 amide bonds. The minimum absolute atomic E-state index is 0.125. The number of hydrogen-bond donors (Lipinski definition) is 1. The van der Waals surface area contributed by atoms with Crippen LogP contribution in [0.15, 0.2) is 52.0 Å². The van der Waals surface area contributed by atoms with Gasteiger partial charge in [-0.05, 0) is 42.8 Å². The van der Waals surface area contributed by atoms with E-state index in [-0.39, 0.29) is 18.0 Å². The molecular weight excluding hydrogens is 394 g/mol. The second-order valence-electron chi connectivity index (χ2n) is 5.35. The molecule has 0 unspecified atom stereocenters. The van der Waals surface area contributed by atoms with Gasteiger partial charge in [0.1, 0.15) is 6.54 Å². The minimum atomic E-state index is -0.321. The van der Waals surface area contributed by atoms with E-state index in [0.29, 0.717) is 21.6 Å². The molecule has 0 saturated heterocycles. The predicted molar refractivity (Wildman–Crippen MR) is 98.5 cm³/mol. The minimum Gasteiger partial charge on any atom is -0.324 e. The molecule has 0 aliphatic carbocycles. The van der Waals surface area contributed by atoms with Crippen molar-refractivity contribution < 1.29 is 4.79 Å². The highest BCUT2D eigenvalue weighted by Crippen LogP contribution is 2.20. The number of carbonyl (C=O) groups is 1. The van der Waals surface area contributed by atoms with Crippen molar-refractivity contribution in [3.8, 4) is 0 Å². The molecule has 3 rings (SSSR count). The number of aryl methyl sites for hydroxylation is 1. The van der Waals surface area contributed by atoms with E-state index in [1.165, 1.54) is 10.9 Å². The Kier molecular flexibility index (Phi) is 4.69. The maximum absolute atomic E-state index is 12.5. The SMILES string of the molecule is Cc1ccc(Cl)cc1NC(=O)Cn1cnc2ccc(Br)cc2c1=O. The number of benzene rings is 2. The maximum atomic E-state index is 12.5. The Morgan fingerprint density at radius 3 is 2.88 bits per heavy atom. The number of anilines is 1. The van der Waals surface area contributed by atoms with Crippen LogP contribution in [-0.2, 0) is 11.3 Å². The molecule has 5 nitrogen and oxygen atoms in total. The zero-order valence-corrected chi connectivity index (χ0v) is 15.1. The summed E-state index contributed by atoms with van der Waals surface area (Å²) in [5.41, 5.74) is 1.84. The lowest BCUT2D eigenvalue weighted by atomic mass is 10.2. The standard InChI is InChI=1S/C17H13BrClN3O2/c1-10-2-4-12(19)7-15(10)21-16(23)8-22-9-20-14-5-3-11(18)6-13(14)17(22)24/h2-7,9H,8H2,1H3,(H,21,23). The smallest absolute Gasteiger partial charge is 0.261 e. The van der Waals surface area contributed by atoms with Gasteiger partial charge in [-0.1, -0.05) is 33.6 Å². The number of nitrogens with one attached hydrogen (secondary N) is 1. The second kappa shape index (κ2) is 6.75. The highest BCUT2D eigenvalue weighted by atomic mass is 79.9. The lowest BCUT2D eigenvalue weighted by molar-refractivity contribution is -0.116. The van der Waals surface area contributed by atoms with Crippen LogP contribution in [0.25, 0.3) is 10.9 Å². The van der Waals surface area contributed by atoms with Crippen molar-refractivity contribution in [1.82, 2.24) is 9.55 Å². The van der Waals surface area contributed by atoms with Gasteiger partial charge < -0.3 is 5.32 Å². The van der Waals surface area contributed by atoms with Gasteiger partial charge in [0.05, 0.1) is 17.2 Å². The van der Waals surface area contributed by atoms with Crippen LogP contribution >= 0.6 is 27.5 Å². The molecule has 24 heavy (non-hydrogen) atoms. The van der Waals surface area contributed by atoms with E-state index in [1.54, 1.807) is 24.3 Å². The fourth-order valence-electron chi connectivity index (χ4n) is 2.32. The monoisotopic (exact) mass is 405 g/mol. The molecule has 0 aliphatic heterocycles. The van der Waals surface area contributed by atoms with Gasteiger partial charge >= 0.3 is 0 Å². The summed E-state index contributed by atoms with van der Waals surface area (Å²) in [6.07, 6.45) is 1.38. The molecule has 0 spiro atoms. The summed E-state index contributed by atoms with van der Waals surface area (Å²) in [6.45, 7) is 1.74. The summed E-state index contributed by atoms with van der Waals surface area (Å²) in [7, 11) is 0. The molecule has 0 bridgehead atoms. The topological polar surface area (TPSA) is 64.0 Å². The first-order valence-corrected chi connectivity index (χ1v) is 8.32. The molecular formula is C17H13BrClN3O2. The average molecular weight is 407 g/mol. The Morgan fingerprint density at radius 1 is 1.29 bits per heavy atom. The Bertz CT molecular complexity index is 1000. The Hall–Kier alpha value is -2.18. The molecule has 122 valence electrons. The molecule has 0 fully saturated rings. The summed E-state index contributed by atoms with van der Waals surface area (Å²) in [6, 6.07) is 10.5. The number of fused-ring (bicyclic) bond motifs is 1. The summed E-state index contributed by atoms with van der Waals surface area (Å²) in [5.74, 6) is -0.321. The molecule has 0 saturated carbocycles. The fourth-order valence-corrected chi connectivity index (χ4v) is 2.85. The first-order valence-electron chi connectivity index (χ1n) is 7.15. The quantitative estimate of drug-likeness (QED) is 0.720. The molecule has 1 N–H and O–H groups in total. The predicted octanol–water partition coefficient (Wildman–Crippen LogP) is 3.76. The van der Waals surface area contributed by atoms with Crippen molar-refractivity contribution in [2.45, 2.75) is 13.5 Å². The van der Waals surface area contributed by atoms with Gasteiger partial charge in [0.15, 0.2) is 0 Å². The van der Waals surface area contributed by atoms with Gasteiger partial charge in [0.25, 0.3) is 5.56 Å². The zero-order chi connectivity index (χ0) is 17.3. The molecule has 0 radical (unpaired) electrons. The summed E-state index contributed by atoms with van der Waals surface area (Å²) in [5, 5.41) is 3.76. The van der Waals surface area contributed by atoms with Gasteiger partial charge in [-0.2, -0.15) is 0 Å². The Morgan fingerprint density at radius 2 is 2.08 bits per heavy atom. The molecule has 0 atom stereocenters. The molecule has 2 aromatic carbocycles. The summed E-state index contributed by atoms with van der Waals surface area (Å²) < 4.78 is 2.06. The number of nitrogens with zero attached hydrogens (tertiary/aromatic N) is 2. The van der Waals surface area contributed by atoms with Crippen molar-refractivity contribution >= 4 is 50.0 Å². The van der Waals surface area contributed by atoms with Crippen LogP contribution < -0.4 is 10.9 Å². The van der Waals surface area contributed by atoms with E-state index in [1.807, 2.05) is 19.1 Å².